The highest BCUT2D eigenvalue weighted by Crippen LogP contribution is 2.35. The van der Waals surface area contributed by atoms with Crippen LogP contribution in [-0.4, -0.2) is 77.3 Å². The summed E-state index contributed by atoms with van der Waals surface area (Å²) in [5.41, 5.74) is 11.6. The van der Waals surface area contributed by atoms with Gasteiger partial charge in [-0.3, -0.25) is 9.59 Å². The van der Waals surface area contributed by atoms with Crippen molar-refractivity contribution in [3.8, 4) is 0 Å². The second kappa shape index (κ2) is 19.0. The van der Waals surface area contributed by atoms with Gasteiger partial charge in [-0.25, -0.2) is 0 Å². The van der Waals surface area contributed by atoms with E-state index in [1.165, 1.54) is 0 Å². The Labute approximate surface area is 255 Å². The molecule has 2 amide bonds. The Morgan fingerprint density at radius 2 is 1.40 bits per heavy atom. The largest absolute Gasteiger partial charge is 0.396 e. The average molecular weight is 597 g/mol. The van der Waals surface area contributed by atoms with Crippen molar-refractivity contribution in [3.05, 3.63) is 65.2 Å². The van der Waals surface area contributed by atoms with Crippen LogP contribution in [0.15, 0.2) is 48.5 Å². The fourth-order valence-electron chi connectivity index (χ4n) is 4.65. The third-order valence-corrected chi connectivity index (χ3v) is 6.70. The normalized spacial score (nSPS) is 14.6. The van der Waals surface area contributed by atoms with Crippen LogP contribution in [0.2, 0.25) is 0 Å². The zero-order valence-corrected chi connectivity index (χ0v) is 25.9. The molecule has 0 unspecified atom stereocenters. The van der Waals surface area contributed by atoms with E-state index >= 15 is 0 Å². The lowest BCUT2D eigenvalue weighted by Crippen LogP contribution is -2.35. The number of rotatable bonds is 19. The molecule has 0 aromatic heterocycles. The number of carbonyl (C=O) groups is 2. The molecule has 10 nitrogen and oxygen atoms in total. The monoisotopic (exact) mass is 596 g/mol. The van der Waals surface area contributed by atoms with Gasteiger partial charge in [0.2, 0.25) is 11.8 Å². The maximum absolute atomic E-state index is 13.5. The van der Waals surface area contributed by atoms with Crippen molar-refractivity contribution < 1.29 is 28.5 Å². The molecule has 0 atom stereocenters. The van der Waals surface area contributed by atoms with E-state index in [9.17, 15) is 9.59 Å². The minimum Gasteiger partial charge on any atom is -0.396 e. The van der Waals surface area contributed by atoms with Gasteiger partial charge in [0.25, 0.3) is 0 Å². The molecular weight excluding hydrogens is 548 g/mol. The molecule has 0 spiro atoms. The summed E-state index contributed by atoms with van der Waals surface area (Å²) in [6.45, 7) is 11.1. The lowest BCUT2D eigenvalue weighted by molar-refractivity contribution is -0.125. The number of ether oxygens (including phenoxy) is 4. The van der Waals surface area contributed by atoms with Crippen LogP contribution in [0.4, 0.5) is 5.69 Å². The van der Waals surface area contributed by atoms with Crippen molar-refractivity contribution in [2.24, 2.45) is 5.73 Å². The third kappa shape index (κ3) is 11.3. The van der Waals surface area contributed by atoms with E-state index in [1.807, 2.05) is 48.5 Å². The number of benzene rings is 2. The van der Waals surface area contributed by atoms with Crippen LogP contribution < -0.4 is 21.3 Å². The van der Waals surface area contributed by atoms with Crippen LogP contribution >= 0.6 is 0 Å². The molecule has 10 heteroatoms. The number of para-hydroxylation sites is 1. The van der Waals surface area contributed by atoms with E-state index < -0.39 is 0 Å². The first-order valence-electron chi connectivity index (χ1n) is 15.2. The molecule has 0 radical (unpaired) electrons. The Kier molecular flexibility index (Phi) is 15.0. The number of fused-ring (bicyclic) bond motifs is 2. The van der Waals surface area contributed by atoms with Gasteiger partial charge >= 0.3 is 0 Å². The molecule has 236 valence electrons. The molecule has 0 aliphatic carbocycles. The number of anilines is 1. The quantitative estimate of drug-likeness (QED) is 0.210. The van der Waals surface area contributed by atoms with Crippen molar-refractivity contribution in [2.75, 3.05) is 64.3 Å². The highest BCUT2D eigenvalue weighted by atomic mass is 16.6. The fourth-order valence-corrected chi connectivity index (χ4v) is 4.65. The molecule has 3 rings (SSSR count). The summed E-state index contributed by atoms with van der Waals surface area (Å²) in [4.78, 5) is 27.8. The summed E-state index contributed by atoms with van der Waals surface area (Å²) in [5.74, 6) is -0.340. The predicted octanol–water partition coefficient (Wildman–Crippen LogP) is 3.69. The molecule has 2 aromatic rings. The first kappa shape index (κ1) is 34.1. The van der Waals surface area contributed by atoms with Gasteiger partial charge < -0.3 is 40.2 Å². The number of hydrogen-bond acceptors (Lipinski definition) is 8. The van der Waals surface area contributed by atoms with E-state index in [4.69, 9.17) is 24.7 Å². The summed E-state index contributed by atoms with van der Waals surface area (Å²) in [6.07, 6.45) is 1.16. The minimum atomic E-state index is -0.197. The van der Waals surface area contributed by atoms with Crippen LogP contribution in [0.25, 0.3) is 11.4 Å². The molecule has 4 N–H and O–H groups in total. The third-order valence-electron chi connectivity index (χ3n) is 6.70. The molecule has 0 saturated heterocycles. The molecule has 1 aliphatic rings. The van der Waals surface area contributed by atoms with E-state index in [0.717, 1.165) is 41.1 Å². The first-order chi connectivity index (χ1) is 20.9. The topological polar surface area (TPSA) is 124 Å². The number of nitrogens with zero attached hydrogens (tertiary/aromatic N) is 1. The van der Waals surface area contributed by atoms with Crippen LogP contribution in [0.3, 0.4) is 0 Å². The summed E-state index contributed by atoms with van der Waals surface area (Å²) < 4.78 is 21.8. The lowest BCUT2D eigenvalue weighted by atomic mass is 9.95. The number of hydrogen-bond donors (Lipinski definition) is 3. The smallest absolute Gasteiger partial charge is 0.227 e. The van der Waals surface area contributed by atoms with Gasteiger partial charge in [0.1, 0.15) is 0 Å². The summed E-state index contributed by atoms with van der Waals surface area (Å²) in [6, 6.07) is 15.8. The number of nitrogens with two attached hydrogens (primary N) is 1. The Balaban J connectivity index is 1.43. The molecule has 1 heterocycles. The van der Waals surface area contributed by atoms with Crippen molar-refractivity contribution in [3.63, 3.8) is 0 Å². The van der Waals surface area contributed by atoms with E-state index in [2.05, 4.69) is 31.4 Å². The second-order valence-electron chi connectivity index (χ2n) is 10.5. The molecule has 0 fully saturated rings. The van der Waals surface area contributed by atoms with E-state index in [0.29, 0.717) is 65.0 Å². The van der Waals surface area contributed by atoms with Gasteiger partial charge in [0.15, 0.2) is 0 Å². The molecular formula is C33H48N4O6. The van der Waals surface area contributed by atoms with Crippen molar-refractivity contribution in [1.29, 1.82) is 0 Å². The first-order valence-corrected chi connectivity index (χ1v) is 15.2. The van der Waals surface area contributed by atoms with Gasteiger partial charge in [-0.15, -0.1) is 0 Å². The highest BCUT2D eigenvalue weighted by molar-refractivity contribution is 6.01. The Hall–Kier alpha value is -3.44. The summed E-state index contributed by atoms with van der Waals surface area (Å²) >= 11 is 0. The lowest BCUT2D eigenvalue weighted by Gasteiger charge is -2.31. The summed E-state index contributed by atoms with van der Waals surface area (Å²) in [7, 11) is 0. The Morgan fingerprint density at radius 3 is 2.05 bits per heavy atom. The SMILES string of the molecule is CCCOCCOCCOCCOCCNC(=O)CCC(=O)N1Cc2ccccc2/C(NC(C)C)=C(/N)c2ccccc21. The number of nitrogens with one attached hydrogen (secondary N) is 2. The van der Waals surface area contributed by atoms with Gasteiger partial charge in [-0.1, -0.05) is 49.4 Å². The standard InChI is InChI=1S/C33H48N4O6/c1-4-16-40-18-20-42-22-23-43-21-19-41-17-15-35-30(38)13-14-31(39)37-24-26-9-5-6-10-27(26)33(36-25(2)3)32(34)28-11-7-8-12-29(28)37/h5-12,25,36H,4,13-24,34H2,1-3H3,(H,35,38)/b33-32-. The summed E-state index contributed by atoms with van der Waals surface area (Å²) in [5, 5.41) is 6.33. The second-order valence-corrected chi connectivity index (χ2v) is 10.5. The molecule has 2 aromatic carbocycles. The average Bonchev–Trinajstić information content (AvgIpc) is 3.01. The van der Waals surface area contributed by atoms with Crippen molar-refractivity contribution >= 4 is 28.9 Å². The van der Waals surface area contributed by atoms with Gasteiger partial charge in [-0.2, -0.15) is 0 Å². The van der Waals surface area contributed by atoms with Gasteiger partial charge in [0.05, 0.1) is 69.9 Å². The zero-order chi connectivity index (χ0) is 30.9. The number of amides is 2. The Bertz CT molecular complexity index is 1190. The predicted molar refractivity (Wildman–Crippen MR) is 169 cm³/mol. The van der Waals surface area contributed by atoms with E-state index in [1.54, 1.807) is 4.90 Å². The van der Waals surface area contributed by atoms with Crippen LogP contribution in [0, 0.1) is 0 Å². The van der Waals surface area contributed by atoms with Crippen molar-refractivity contribution in [2.45, 2.75) is 52.6 Å². The highest BCUT2D eigenvalue weighted by Gasteiger charge is 2.26. The van der Waals surface area contributed by atoms with Gasteiger partial charge in [-0.05, 0) is 31.9 Å². The molecule has 1 aliphatic heterocycles. The fraction of sp³-hybridized carbons (Fsp3) is 0.515. The zero-order valence-electron chi connectivity index (χ0n) is 25.9. The maximum Gasteiger partial charge on any atom is 0.227 e. The van der Waals surface area contributed by atoms with Crippen LogP contribution in [0.1, 0.15) is 56.7 Å². The Morgan fingerprint density at radius 1 is 0.814 bits per heavy atom. The number of carbonyl (C=O) groups excluding carboxylic acids is 2. The van der Waals surface area contributed by atoms with Crippen molar-refractivity contribution in [1.82, 2.24) is 10.6 Å². The van der Waals surface area contributed by atoms with Crippen LogP contribution in [-0.2, 0) is 35.1 Å². The minimum absolute atomic E-state index is 0.0740. The molecule has 0 saturated carbocycles. The van der Waals surface area contributed by atoms with Gasteiger partial charge in [0, 0.05) is 43.2 Å². The van der Waals surface area contributed by atoms with E-state index in [-0.39, 0.29) is 30.7 Å². The molecule has 43 heavy (non-hydrogen) atoms. The maximum atomic E-state index is 13.5. The molecule has 0 bridgehead atoms. The van der Waals surface area contributed by atoms with Crippen LogP contribution in [0.5, 0.6) is 0 Å².